The summed E-state index contributed by atoms with van der Waals surface area (Å²) in [6, 6.07) is 8.17. The molecule has 26 heavy (non-hydrogen) atoms. The number of aryl methyl sites for hydroxylation is 1. The second-order valence-electron chi connectivity index (χ2n) is 6.39. The maximum Gasteiger partial charge on any atom is 0.263 e. The van der Waals surface area contributed by atoms with Crippen LogP contribution in [-0.2, 0) is 14.8 Å². The summed E-state index contributed by atoms with van der Waals surface area (Å²) in [5.74, 6) is 0.0144. The second-order valence-corrected chi connectivity index (χ2v) is 8.80. The Bertz CT molecular complexity index is 960. The number of halogens is 2. The van der Waals surface area contributed by atoms with Gasteiger partial charge in [-0.3, -0.25) is 9.52 Å². The van der Waals surface area contributed by atoms with Crippen molar-refractivity contribution in [1.82, 2.24) is 0 Å². The van der Waals surface area contributed by atoms with Gasteiger partial charge in [0.2, 0.25) is 5.91 Å². The predicted octanol–water partition coefficient (Wildman–Crippen LogP) is 4.76. The van der Waals surface area contributed by atoms with E-state index in [0.29, 0.717) is 27.5 Å². The fourth-order valence-electron chi connectivity index (χ4n) is 2.59. The first-order chi connectivity index (χ1) is 12.2. The summed E-state index contributed by atoms with van der Waals surface area (Å²) in [5.41, 5.74) is 1.82. The van der Waals surface area contributed by atoms with Gasteiger partial charge in [-0.1, -0.05) is 29.3 Å². The normalized spacial score (nSPS) is 14.2. The van der Waals surface area contributed by atoms with Crippen LogP contribution in [0.25, 0.3) is 0 Å². The fraction of sp³-hybridized carbons (Fsp3) is 0.278. The number of carbonyl (C=O) groups is 1. The van der Waals surface area contributed by atoms with Crippen molar-refractivity contribution in [3.05, 3.63) is 51.5 Å². The number of carbonyl (C=O) groups excluding carboxylic acids is 1. The minimum absolute atomic E-state index is 0.0448. The molecule has 8 heteroatoms. The largest absolute Gasteiger partial charge is 0.326 e. The Kier molecular flexibility index (Phi) is 5.19. The van der Waals surface area contributed by atoms with Crippen molar-refractivity contribution in [3.8, 4) is 0 Å². The van der Waals surface area contributed by atoms with Gasteiger partial charge in [-0.05, 0) is 62.1 Å². The van der Waals surface area contributed by atoms with Crippen LogP contribution >= 0.6 is 23.2 Å². The lowest BCUT2D eigenvalue weighted by Gasteiger charge is -2.15. The zero-order valence-electron chi connectivity index (χ0n) is 14.3. The van der Waals surface area contributed by atoms with Crippen LogP contribution in [0.3, 0.4) is 0 Å². The molecule has 3 rings (SSSR count). The molecule has 0 aliphatic heterocycles. The number of benzene rings is 2. The van der Waals surface area contributed by atoms with Crippen LogP contribution in [0.1, 0.15) is 24.0 Å². The van der Waals surface area contributed by atoms with E-state index < -0.39 is 10.0 Å². The molecule has 5 nitrogen and oxygen atoms in total. The summed E-state index contributed by atoms with van der Waals surface area (Å²) < 4.78 is 28.2. The van der Waals surface area contributed by atoms with E-state index in [4.69, 9.17) is 23.2 Å². The van der Waals surface area contributed by atoms with E-state index >= 15 is 0 Å². The summed E-state index contributed by atoms with van der Waals surface area (Å²) in [6.07, 6.45) is 1.79. The molecular weight excluding hydrogens is 395 g/mol. The average molecular weight is 413 g/mol. The van der Waals surface area contributed by atoms with Gasteiger partial charge in [0, 0.05) is 16.6 Å². The Morgan fingerprint density at radius 2 is 1.77 bits per heavy atom. The van der Waals surface area contributed by atoms with Crippen molar-refractivity contribution in [2.75, 3.05) is 10.0 Å². The van der Waals surface area contributed by atoms with Gasteiger partial charge in [0.1, 0.15) is 4.90 Å². The number of hydrogen-bond acceptors (Lipinski definition) is 3. The molecular formula is C18H18Cl2N2O3S. The van der Waals surface area contributed by atoms with Crippen molar-refractivity contribution in [2.24, 2.45) is 5.92 Å². The maximum atomic E-state index is 12.9. The summed E-state index contributed by atoms with van der Waals surface area (Å²) in [6.45, 7) is 3.30. The molecule has 1 amide bonds. The van der Waals surface area contributed by atoms with Gasteiger partial charge in [0.25, 0.3) is 10.0 Å². The van der Waals surface area contributed by atoms with E-state index in [1.807, 2.05) is 0 Å². The Morgan fingerprint density at radius 3 is 2.42 bits per heavy atom. The number of sulfonamides is 1. The van der Waals surface area contributed by atoms with Gasteiger partial charge in [0.05, 0.1) is 10.7 Å². The minimum atomic E-state index is -3.95. The molecule has 0 unspecified atom stereocenters. The molecule has 0 spiro atoms. The van der Waals surface area contributed by atoms with E-state index in [1.54, 1.807) is 44.2 Å². The number of hydrogen-bond donors (Lipinski definition) is 2. The van der Waals surface area contributed by atoms with Crippen LogP contribution in [0, 0.1) is 19.8 Å². The summed E-state index contributed by atoms with van der Waals surface area (Å²) in [7, 11) is -3.95. The summed E-state index contributed by atoms with van der Waals surface area (Å²) >= 11 is 12.3. The number of amides is 1. The summed E-state index contributed by atoms with van der Waals surface area (Å²) in [5, 5.41) is 3.26. The van der Waals surface area contributed by atoms with E-state index in [9.17, 15) is 13.2 Å². The highest BCUT2D eigenvalue weighted by Crippen LogP contribution is 2.35. The van der Waals surface area contributed by atoms with Crippen molar-refractivity contribution < 1.29 is 13.2 Å². The smallest absolute Gasteiger partial charge is 0.263 e. The molecule has 0 radical (unpaired) electrons. The van der Waals surface area contributed by atoms with Crippen molar-refractivity contribution in [3.63, 3.8) is 0 Å². The molecule has 1 aliphatic carbocycles. The zero-order chi connectivity index (χ0) is 19.1. The molecule has 2 aromatic carbocycles. The zero-order valence-corrected chi connectivity index (χ0v) is 16.6. The van der Waals surface area contributed by atoms with Gasteiger partial charge in [0.15, 0.2) is 0 Å². The van der Waals surface area contributed by atoms with Crippen LogP contribution in [0.15, 0.2) is 35.2 Å². The standard InChI is InChI=1S/C18H18Cl2N2O3S/c1-10-8-15(19)11(2)17(16(10)20)26(24,25)22-14-5-3-4-13(9-14)21-18(23)12-6-7-12/h3-5,8-9,12,22H,6-7H2,1-2H3,(H,21,23). The van der Waals surface area contributed by atoms with Crippen LogP contribution in [-0.4, -0.2) is 14.3 Å². The van der Waals surface area contributed by atoms with Gasteiger partial charge in [-0.25, -0.2) is 8.42 Å². The van der Waals surface area contributed by atoms with Crippen molar-refractivity contribution >= 4 is 50.5 Å². The van der Waals surface area contributed by atoms with Gasteiger partial charge in [-0.2, -0.15) is 0 Å². The van der Waals surface area contributed by atoms with E-state index in [1.165, 1.54) is 0 Å². The third-order valence-corrected chi connectivity index (χ3v) is 6.73. The molecule has 0 aromatic heterocycles. The third-order valence-electron chi connectivity index (χ3n) is 4.19. The minimum Gasteiger partial charge on any atom is -0.326 e. The number of nitrogens with one attached hydrogen (secondary N) is 2. The second kappa shape index (κ2) is 7.10. The topological polar surface area (TPSA) is 75.3 Å². The van der Waals surface area contributed by atoms with E-state index in [-0.39, 0.29) is 21.7 Å². The molecule has 0 heterocycles. The highest BCUT2D eigenvalue weighted by molar-refractivity contribution is 7.93. The molecule has 0 saturated heterocycles. The van der Waals surface area contributed by atoms with Crippen LogP contribution in [0.2, 0.25) is 10.0 Å². The van der Waals surface area contributed by atoms with Crippen molar-refractivity contribution in [1.29, 1.82) is 0 Å². The SMILES string of the molecule is Cc1cc(Cl)c(C)c(S(=O)(=O)Nc2cccc(NC(=O)C3CC3)c2)c1Cl. The first kappa shape index (κ1) is 19.0. The van der Waals surface area contributed by atoms with Crippen LogP contribution < -0.4 is 10.0 Å². The van der Waals surface area contributed by atoms with E-state index in [2.05, 4.69) is 10.0 Å². The Morgan fingerprint density at radius 1 is 1.12 bits per heavy atom. The highest BCUT2D eigenvalue weighted by atomic mass is 35.5. The highest BCUT2D eigenvalue weighted by Gasteiger charge is 2.29. The number of anilines is 2. The predicted molar refractivity (Wildman–Crippen MR) is 105 cm³/mol. The number of rotatable bonds is 5. The first-order valence-electron chi connectivity index (χ1n) is 8.08. The molecule has 1 fully saturated rings. The fourth-order valence-corrected chi connectivity index (χ4v) is 4.85. The molecule has 1 saturated carbocycles. The molecule has 138 valence electrons. The van der Waals surface area contributed by atoms with Crippen LogP contribution in [0.4, 0.5) is 11.4 Å². The average Bonchev–Trinajstić information content (AvgIpc) is 3.37. The molecule has 2 N–H and O–H groups in total. The maximum absolute atomic E-state index is 12.9. The lowest BCUT2D eigenvalue weighted by atomic mass is 10.2. The lowest BCUT2D eigenvalue weighted by molar-refractivity contribution is -0.117. The molecule has 0 atom stereocenters. The Balaban J connectivity index is 1.90. The van der Waals surface area contributed by atoms with Crippen molar-refractivity contribution in [2.45, 2.75) is 31.6 Å². The van der Waals surface area contributed by atoms with Gasteiger partial charge < -0.3 is 5.32 Å². The molecule has 2 aromatic rings. The monoisotopic (exact) mass is 412 g/mol. The summed E-state index contributed by atoms with van der Waals surface area (Å²) in [4.78, 5) is 11.8. The Labute approximate surface area is 162 Å². The third kappa shape index (κ3) is 3.98. The lowest BCUT2D eigenvalue weighted by Crippen LogP contribution is -2.16. The van der Waals surface area contributed by atoms with E-state index in [0.717, 1.165) is 12.8 Å². The van der Waals surface area contributed by atoms with Gasteiger partial charge in [-0.15, -0.1) is 0 Å². The first-order valence-corrected chi connectivity index (χ1v) is 10.3. The van der Waals surface area contributed by atoms with Gasteiger partial charge >= 0.3 is 0 Å². The van der Waals surface area contributed by atoms with Crippen LogP contribution in [0.5, 0.6) is 0 Å². The molecule has 1 aliphatic rings. The molecule has 0 bridgehead atoms. The Hall–Kier alpha value is -1.76. The quantitative estimate of drug-likeness (QED) is 0.742.